The molecule has 31 heavy (non-hydrogen) atoms. The van der Waals surface area contributed by atoms with Crippen molar-refractivity contribution in [2.75, 3.05) is 7.11 Å². The lowest BCUT2D eigenvalue weighted by atomic mass is 9.99. The molecule has 5 nitrogen and oxygen atoms in total. The van der Waals surface area contributed by atoms with Crippen LogP contribution in [-0.2, 0) is 16.1 Å². The average molecular weight is 458 g/mol. The number of methoxy groups -OCH3 is 1. The van der Waals surface area contributed by atoms with E-state index >= 15 is 0 Å². The van der Waals surface area contributed by atoms with Crippen LogP contribution in [0.2, 0.25) is 5.02 Å². The minimum atomic E-state index is -0.808. The van der Waals surface area contributed by atoms with Crippen LogP contribution >= 0.6 is 22.9 Å². The summed E-state index contributed by atoms with van der Waals surface area (Å²) in [5, 5.41) is 13.1. The lowest BCUT2D eigenvalue weighted by Gasteiger charge is -2.24. The molecule has 2 heterocycles. The van der Waals surface area contributed by atoms with Gasteiger partial charge in [0.1, 0.15) is 17.3 Å². The molecule has 0 aliphatic carbocycles. The second kappa shape index (κ2) is 8.53. The summed E-state index contributed by atoms with van der Waals surface area (Å²) in [4.78, 5) is 28.0. The van der Waals surface area contributed by atoms with E-state index in [4.69, 9.17) is 16.3 Å². The predicted octanol–water partition coefficient (Wildman–Crippen LogP) is 5.17. The van der Waals surface area contributed by atoms with Crippen molar-refractivity contribution in [1.82, 2.24) is 4.90 Å². The monoisotopic (exact) mass is 457 g/mol. The highest BCUT2D eigenvalue weighted by Crippen LogP contribution is 2.43. The molecular formula is C23H17ClFNO4S. The third-order valence-corrected chi connectivity index (χ3v) is 6.30. The number of thiophene rings is 1. The Morgan fingerprint density at radius 1 is 1.19 bits per heavy atom. The molecule has 1 unspecified atom stereocenters. The third-order valence-electron chi connectivity index (χ3n) is 5.05. The van der Waals surface area contributed by atoms with Crippen molar-refractivity contribution < 1.29 is 23.8 Å². The number of likely N-dealkylation sites (tertiary alicyclic amines) is 1. The van der Waals surface area contributed by atoms with Crippen LogP contribution in [0.4, 0.5) is 4.39 Å². The maximum atomic E-state index is 13.3. The van der Waals surface area contributed by atoms with E-state index in [0.717, 1.165) is 0 Å². The van der Waals surface area contributed by atoms with Gasteiger partial charge in [-0.3, -0.25) is 9.59 Å². The highest BCUT2D eigenvalue weighted by Gasteiger charge is 2.46. The first kappa shape index (κ1) is 21.1. The van der Waals surface area contributed by atoms with Crippen LogP contribution in [0.1, 0.15) is 22.0 Å². The molecule has 1 amide bonds. The summed E-state index contributed by atoms with van der Waals surface area (Å²) in [6.45, 7) is 0.0794. The summed E-state index contributed by atoms with van der Waals surface area (Å²) in [7, 11) is 1.47. The van der Waals surface area contributed by atoms with Crippen molar-refractivity contribution in [2.45, 2.75) is 12.6 Å². The molecule has 4 rings (SSSR count). The van der Waals surface area contributed by atoms with Crippen molar-refractivity contribution in [2.24, 2.45) is 0 Å². The predicted molar refractivity (Wildman–Crippen MR) is 117 cm³/mol. The van der Waals surface area contributed by atoms with Crippen LogP contribution < -0.4 is 4.74 Å². The first-order valence-corrected chi connectivity index (χ1v) is 10.6. The molecule has 0 spiro atoms. The number of carbonyl (C=O) groups excluding carboxylic acids is 2. The van der Waals surface area contributed by atoms with E-state index in [9.17, 15) is 19.1 Å². The van der Waals surface area contributed by atoms with Gasteiger partial charge in [0.05, 0.1) is 23.7 Å². The van der Waals surface area contributed by atoms with Crippen LogP contribution in [0.15, 0.2) is 65.6 Å². The molecule has 1 N–H and O–H groups in total. The number of amides is 1. The zero-order valence-electron chi connectivity index (χ0n) is 16.3. The highest BCUT2D eigenvalue weighted by molar-refractivity contribution is 7.10. The van der Waals surface area contributed by atoms with Crippen LogP contribution in [0.25, 0.3) is 5.76 Å². The summed E-state index contributed by atoms with van der Waals surface area (Å²) in [5.41, 5.74) is 0.802. The minimum absolute atomic E-state index is 0.0512. The maximum Gasteiger partial charge on any atom is 0.295 e. The van der Waals surface area contributed by atoms with Gasteiger partial charge in [0, 0.05) is 17.0 Å². The van der Waals surface area contributed by atoms with Crippen molar-refractivity contribution in [1.29, 1.82) is 0 Å². The summed E-state index contributed by atoms with van der Waals surface area (Å²) >= 11 is 7.63. The van der Waals surface area contributed by atoms with Gasteiger partial charge in [-0.15, -0.1) is 11.3 Å². The molecule has 1 aliphatic heterocycles. The standard InChI is InChI=1S/C23H17ClFNO4S/c1-30-15-8-9-17(24)16(11-15)21(27)19-20(18-3-2-10-31-18)26(23(29)22(19)28)12-13-4-6-14(25)7-5-13/h2-11,20,27H,12H2,1H3/b21-19-. The number of aliphatic hydroxyl groups is 1. The molecule has 8 heteroatoms. The Kier molecular flexibility index (Phi) is 5.80. The molecule has 0 saturated carbocycles. The first-order valence-electron chi connectivity index (χ1n) is 9.31. The van der Waals surface area contributed by atoms with Crippen LogP contribution in [0.5, 0.6) is 5.75 Å². The molecule has 3 aromatic rings. The topological polar surface area (TPSA) is 66.8 Å². The highest BCUT2D eigenvalue weighted by atomic mass is 35.5. The summed E-state index contributed by atoms with van der Waals surface area (Å²) in [5.74, 6) is -1.88. The first-order chi connectivity index (χ1) is 14.9. The number of hydrogen-bond donors (Lipinski definition) is 1. The normalized spacial score (nSPS) is 17.9. The van der Waals surface area contributed by atoms with Crippen molar-refractivity contribution in [3.05, 3.63) is 92.4 Å². The minimum Gasteiger partial charge on any atom is -0.507 e. The quantitative estimate of drug-likeness (QED) is 0.326. The Morgan fingerprint density at radius 2 is 1.94 bits per heavy atom. The molecule has 0 radical (unpaired) electrons. The lowest BCUT2D eigenvalue weighted by Crippen LogP contribution is -2.28. The van der Waals surface area contributed by atoms with Gasteiger partial charge in [0.25, 0.3) is 11.7 Å². The number of halogens is 2. The van der Waals surface area contributed by atoms with E-state index in [2.05, 4.69) is 0 Å². The SMILES string of the molecule is COc1ccc(Cl)c(/C(O)=C2/C(=O)C(=O)N(Cc3ccc(F)cc3)C2c2cccs2)c1. The summed E-state index contributed by atoms with van der Waals surface area (Å²) < 4.78 is 18.5. The molecule has 0 bridgehead atoms. The number of nitrogens with zero attached hydrogens (tertiary/aromatic N) is 1. The van der Waals surface area contributed by atoms with Gasteiger partial charge < -0.3 is 14.7 Å². The maximum absolute atomic E-state index is 13.3. The fourth-order valence-corrected chi connectivity index (χ4v) is 4.58. The average Bonchev–Trinajstić information content (AvgIpc) is 3.38. The fourth-order valence-electron chi connectivity index (χ4n) is 3.53. The Hall–Kier alpha value is -3.16. The smallest absolute Gasteiger partial charge is 0.295 e. The lowest BCUT2D eigenvalue weighted by molar-refractivity contribution is -0.140. The van der Waals surface area contributed by atoms with Gasteiger partial charge in [0.15, 0.2) is 0 Å². The van der Waals surface area contributed by atoms with E-state index in [0.29, 0.717) is 16.2 Å². The zero-order chi connectivity index (χ0) is 22.1. The number of ether oxygens (including phenoxy) is 1. The van der Waals surface area contributed by atoms with Crippen LogP contribution in [0, 0.1) is 5.82 Å². The molecule has 1 saturated heterocycles. The Bertz CT molecular complexity index is 1170. The summed E-state index contributed by atoms with van der Waals surface area (Å²) in [6.07, 6.45) is 0. The Morgan fingerprint density at radius 3 is 2.58 bits per heavy atom. The van der Waals surface area contributed by atoms with Crippen LogP contribution in [0.3, 0.4) is 0 Å². The van der Waals surface area contributed by atoms with Gasteiger partial charge in [-0.05, 0) is 47.3 Å². The van der Waals surface area contributed by atoms with Gasteiger partial charge >= 0.3 is 0 Å². The molecular weight excluding hydrogens is 441 g/mol. The Balaban J connectivity index is 1.85. The molecule has 158 valence electrons. The number of benzene rings is 2. The second-order valence-electron chi connectivity index (χ2n) is 6.91. The zero-order valence-corrected chi connectivity index (χ0v) is 17.9. The number of Topliss-reactive ketones (excluding diaryl/α,β-unsaturated/α-hetero) is 1. The second-order valence-corrected chi connectivity index (χ2v) is 8.30. The number of rotatable bonds is 5. The van der Waals surface area contributed by atoms with Crippen LogP contribution in [-0.4, -0.2) is 28.8 Å². The fraction of sp³-hybridized carbons (Fsp3) is 0.130. The Labute approximate surface area is 187 Å². The van der Waals surface area contributed by atoms with E-state index in [1.54, 1.807) is 36.4 Å². The number of aliphatic hydroxyl groups excluding tert-OH is 1. The van der Waals surface area contributed by atoms with E-state index in [1.165, 1.54) is 41.5 Å². The third kappa shape index (κ3) is 3.94. The van der Waals surface area contributed by atoms with E-state index in [1.807, 2.05) is 5.38 Å². The molecule has 1 aliphatic rings. The summed E-state index contributed by atoms with van der Waals surface area (Å²) in [6, 6.07) is 13.2. The molecule has 1 aromatic heterocycles. The molecule has 2 aromatic carbocycles. The van der Waals surface area contributed by atoms with Gasteiger partial charge in [-0.25, -0.2) is 4.39 Å². The van der Waals surface area contributed by atoms with Gasteiger partial charge in [-0.1, -0.05) is 29.8 Å². The van der Waals surface area contributed by atoms with E-state index < -0.39 is 23.5 Å². The molecule has 1 atom stereocenters. The number of hydrogen-bond acceptors (Lipinski definition) is 5. The van der Waals surface area contributed by atoms with E-state index in [-0.39, 0.29) is 28.5 Å². The van der Waals surface area contributed by atoms with Gasteiger partial charge in [-0.2, -0.15) is 0 Å². The number of ketones is 1. The van der Waals surface area contributed by atoms with Crippen molar-refractivity contribution in [3.8, 4) is 5.75 Å². The molecule has 1 fully saturated rings. The van der Waals surface area contributed by atoms with Crippen molar-refractivity contribution >= 4 is 40.4 Å². The number of carbonyl (C=O) groups is 2. The van der Waals surface area contributed by atoms with Crippen molar-refractivity contribution in [3.63, 3.8) is 0 Å². The van der Waals surface area contributed by atoms with Gasteiger partial charge in [0.2, 0.25) is 0 Å². The largest absolute Gasteiger partial charge is 0.507 e.